The van der Waals surface area contributed by atoms with Gasteiger partial charge in [0.1, 0.15) is 12.8 Å². The normalized spacial score (nSPS) is 12.3. The van der Waals surface area contributed by atoms with Gasteiger partial charge in [0.25, 0.3) is 0 Å². The van der Waals surface area contributed by atoms with Gasteiger partial charge < -0.3 is 0 Å². The molecule has 0 N–H and O–H groups in total. The Kier molecular flexibility index (Phi) is 7.65. The van der Waals surface area contributed by atoms with Crippen LogP contribution in [0.4, 0.5) is 8.78 Å². The summed E-state index contributed by atoms with van der Waals surface area (Å²) in [6.45, 7) is -0.888. The zero-order valence-corrected chi connectivity index (χ0v) is 11.1. The Bertz CT molecular complexity index is 343. The molecule has 0 aliphatic rings. The molecule has 1 unspecified atom stereocenters. The van der Waals surface area contributed by atoms with Crippen molar-refractivity contribution in [1.29, 1.82) is 0 Å². The van der Waals surface area contributed by atoms with Crippen molar-refractivity contribution in [3.63, 3.8) is 0 Å². The first-order chi connectivity index (χ1) is 8.74. The highest BCUT2D eigenvalue weighted by Crippen LogP contribution is 2.15. The number of alkyl halides is 2. The van der Waals surface area contributed by atoms with Gasteiger partial charge in [-0.25, -0.2) is 8.78 Å². The minimum atomic E-state index is -1.32. The van der Waals surface area contributed by atoms with E-state index in [1.807, 2.05) is 18.2 Å². The average Bonchev–Trinajstić information content (AvgIpc) is 2.43. The third kappa shape index (κ3) is 6.15. The van der Waals surface area contributed by atoms with E-state index in [0.29, 0.717) is 12.0 Å². The van der Waals surface area contributed by atoms with Gasteiger partial charge in [-0.1, -0.05) is 54.9 Å². The van der Waals surface area contributed by atoms with E-state index in [1.165, 1.54) is 11.8 Å². The van der Waals surface area contributed by atoms with Gasteiger partial charge in [-0.05, 0) is 12.8 Å². The van der Waals surface area contributed by atoms with Crippen molar-refractivity contribution in [2.24, 2.45) is 0 Å². The zero-order valence-electron chi connectivity index (χ0n) is 10.3. The Morgan fingerprint density at radius 2 is 1.89 bits per heavy atom. The first-order valence-corrected chi connectivity index (χ1v) is 7.15. The molecule has 0 spiro atoms. The molecule has 1 atom stereocenters. The van der Waals surface area contributed by atoms with E-state index in [4.69, 9.17) is 0 Å². The molecule has 1 rings (SSSR count). The molecule has 0 radical (unpaired) electrons. The molecular weight excluding hydrogens is 254 g/mol. The Morgan fingerprint density at radius 3 is 2.56 bits per heavy atom. The van der Waals surface area contributed by atoms with E-state index < -0.39 is 12.8 Å². The number of benzene rings is 1. The van der Waals surface area contributed by atoms with Crippen LogP contribution in [-0.2, 0) is 0 Å². The van der Waals surface area contributed by atoms with Crippen LogP contribution >= 0.6 is 11.8 Å². The molecule has 1 nitrogen and oxygen atoms in total. The van der Waals surface area contributed by atoms with Gasteiger partial charge in [0.15, 0.2) is 0 Å². The standard InChI is InChI=1S/C14H18F2OS/c15-11-13(16)9-5-2-6-10-18-14(17)12-7-3-1-4-8-12/h1,3-4,7-8,13H,2,5-6,9-11H2. The summed E-state index contributed by atoms with van der Waals surface area (Å²) >= 11 is 1.29. The van der Waals surface area contributed by atoms with Crippen LogP contribution in [0.1, 0.15) is 36.0 Å². The van der Waals surface area contributed by atoms with E-state index in [-0.39, 0.29) is 11.5 Å². The summed E-state index contributed by atoms with van der Waals surface area (Å²) < 4.78 is 24.4. The van der Waals surface area contributed by atoms with E-state index in [9.17, 15) is 13.6 Å². The van der Waals surface area contributed by atoms with Crippen molar-refractivity contribution in [2.45, 2.75) is 31.9 Å². The second-order valence-electron chi connectivity index (χ2n) is 4.10. The SMILES string of the molecule is O=C(SCCCCCC(F)CF)c1ccccc1. The van der Waals surface area contributed by atoms with Crippen molar-refractivity contribution in [1.82, 2.24) is 0 Å². The van der Waals surface area contributed by atoms with Gasteiger partial charge in [0.2, 0.25) is 5.12 Å². The van der Waals surface area contributed by atoms with E-state index >= 15 is 0 Å². The van der Waals surface area contributed by atoms with Gasteiger partial charge in [0.05, 0.1) is 0 Å². The van der Waals surface area contributed by atoms with Gasteiger partial charge >= 0.3 is 0 Å². The van der Waals surface area contributed by atoms with E-state index in [2.05, 4.69) is 0 Å². The predicted octanol–water partition coefficient (Wildman–Crippen LogP) is 4.43. The molecule has 0 aromatic heterocycles. The monoisotopic (exact) mass is 272 g/mol. The van der Waals surface area contributed by atoms with Crippen LogP contribution in [0.25, 0.3) is 0 Å². The molecule has 0 amide bonds. The Balaban J connectivity index is 2.06. The fourth-order valence-corrected chi connectivity index (χ4v) is 2.38. The summed E-state index contributed by atoms with van der Waals surface area (Å²) in [5, 5.41) is 0.0720. The first kappa shape index (κ1) is 15.2. The predicted molar refractivity (Wildman–Crippen MR) is 72.6 cm³/mol. The third-order valence-electron chi connectivity index (χ3n) is 2.57. The Hall–Kier alpha value is -0.900. The lowest BCUT2D eigenvalue weighted by Gasteiger charge is -2.03. The van der Waals surface area contributed by atoms with Crippen LogP contribution in [0.15, 0.2) is 30.3 Å². The largest absolute Gasteiger partial charge is 0.282 e. The number of thioether (sulfide) groups is 1. The summed E-state index contributed by atoms with van der Waals surface area (Å²) in [5.41, 5.74) is 0.712. The third-order valence-corrected chi connectivity index (χ3v) is 3.56. The highest BCUT2D eigenvalue weighted by atomic mass is 32.2. The van der Waals surface area contributed by atoms with Gasteiger partial charge in [-0.15, -0.1) is 0 Å². The average molecular weight is 272 g/mol. The molecule has 100 valence electrons. The maximum atomic E-state index is 12.6. The molecule has 0 saturated heterocycles. The lowest BCUT2D eigenvalue weighted by Crippen LogP contribution is -2.01. The highest BCUT2D eigenvalue weighted by molar-refractivity contribution is 8.14. The van der Waals surface area contributed by atoms with E-state index in [0.717, 1.165) is 18.6 Å². The van der Waals surface area contributed by atoms with Gasteiger partial charge in [-0.2, -0.15) is 0 Å². The quantitative estimate of drug-likeness (QED) is 0.651. The van der Waals surface area contributed by atoms with Gasteiger partial charge in [0, 0.05) is 11.3 Å². The van der Waals surface area contributed by atoms with Crippen molar-refractivity contribution in [2.75, 3.05) is 12.4 Å². The lowest BCUT2D eigenvalue weighted by molar-refractivity contribution is 0.108. The van der Waals surface area contributed by atoms with Crippen LogP contribution in [-0.4, -0.2) is 23.7 Å². The van der Waals surface area contributed by atoms with Crippen molar-refractivity contribution in [3.8, 4) is 0 Å². The minimum absolute atomic E-state index is 0.0720. The number of halogens is 2. The van der Waals surface area contributed by atoms with Crippen LogP contribution in [0.5, 0.6) is 0 Å². The zero-order chi connectivity index (χ0) is 13.2. The molecule has 1 aromatic rings. The lowest BCUT2D eigenvalue weighted by atomic mass is 10.1. The van der Waals surface area contributed by atoms with Crippen LogP contribution in [0.3, 0.4) is 0 Å². The number of carbonyl (C=O) groups is 1. The number of unbranched alkanes of at least 4 members (excludes halogenated alkanes) is 2. The minimum Gasteiger partial charge on any atom is -0.282 e. The maximum absolute atomic E-state index is 12.6. The van der Waals surface area contributed by atoms with Crippen molar-refractivity contribution >= 4 is 16.9 Å². The Labute approximate surface area is 111 Å². The topological polar surface area (TPSA) is 17.1 Å². The van der Waals surface area contributed by atoms with Crippen LogP contribution in [0.2, 0.25) is 0 Å². The summed E-state index contributed by atoms with van der Waals surface area (Å²) in [6, 6.07) is 9.15. The summed E-state index contributed by atoms with van der Waals surface area (Å²) in [6.07, 6.45) is 1.36. The number of hydrogen-bond donors (Lipinski definition) is 0. The second-order valence-corrected chi connectivity index (χ2v) is 5.17. The molecule has 0 fully saturated rings. The molecule has 0 saturated carbocycles. The van der Waals surface area contributed by atoms with Crippen LogP contribution in [0, 0.1) is 0 Å². The fourth-order valence-electron chi connectivity index (χ4n) is 1.54. The molecule has 4 heteroatoms. The number of hydrogen-bond acceptors (Lipinski definition) is 2. The van der Waals surface area contributed by atoms with Crippen molar-refractivity contribution in [3.05, 3.63) is 35.9 Å². The first-order valence-electron chi connectivity index (χ1n) is 6.16. The molecular formula is C14H18F2OS. The smallest absolute Gasteiger partial charge is 0.219 e. The molecule has 0 heterocycles. The number of rotatable bonds is 8. The summed E-state index contributed by atoms with van der Waals surface area (Å²) in [5.74, 6) is 0.736. The summed E-state index contributed by atoms with van der Waals surface area (Å²) in [7, 11) is 0. The van der Waals surface area contributed by atoms with E-state index in [1.54, 1.807) is 12.1 Å². The molecule has 0 aliphatic carbocycles. The molecule has 18 heavy (non-hydrogen) atoms. The maximum Gasteiger partial charge on any atom is 0.219 e. The highest BCUT2D eigenvalue weighted by Gasteiger charge is 2.06. The molecule has 1 aromatic carbocycles. The molecule has 0 aliphatic heterocycles. The Morgan fingerprint density at radius 1 is 1.17 bits per heavy atom. The second kappa shape index (κ2) is 9.09. The van der Waals surface area contributed by atoms with Gasteiger partial charge in [-0.3, -0.25) is 4.79 Å². The summed E-state index contributed by atoms with van der Waals surface area (Å²) in [4.78, 5) is 11.7. The molecule has 0 bridgehead atoms. The van der Waals surface area contributed by atoms with Crippen molar-refractivity contribution < 1.29 is 13.6 Å². The fraction of sp³-hybridized carbons (Fsp3) is 0.500. The number of carbonyl (C=O) groups excluding carboxylic acids is 1. The van der Waals surface area contributed by atoms with Crippen LogP contribution < -0.4 is 0 Å².